The van der Waals surface area contributed by atoms with Crippen LogP contribution in [0.25, 0.3) is 11.3 Å². The molecule has 0 saturated carbocycles. The Hall–Kier alpha value is -3.52. The fourth-order valence-corrected chi connectivity index (χ4v) is 4.85. The zero-order valence-electron chi connectivity index (χ0n) is 17.7. The number of rotatable bonds is 7. The van der Waals surface area contributed by atoms with E-state index >= 15 is 0 Å². The zero-order valence-corrected chi connectivity index (χ0v) is 19.3. The molecule has 0 spiro atoms. The maximum absolute atomic E-state index is 14.6. The van der Waals surface area contributed by atoms with Crippen molar-refractivity contribution in [3.05, 3.63) is 71.4 Å². The fourth-order valence-electron chi connectivity index (χ4n) is 3.06. The van der Waals surface area contributed by atoms with Crippen LogP contribution in [0, 0.1) is 10.9 Å². The van der Waals surface area contributed by atoms with Gasteiger partial charge in [0.05, 0.1) is 16.8 Å². The number of benzene rings is 2. The molecule has 2 aromatic heterocycles. The van der Waals surface area contributed by atoms with Crippen LogP contribution in [-0.2, 0) is 22.7 Å². The van der Waals surface area contributed by atoms with Crippen LogP contribution in [0.5, 0.6) is 11.5 Å². The van der Waals surface area contributed by atoms with E-state index in [1.165, 1.54) is 28.9 Å². The molecule has 0 aliphatic rings. The molecule has 0 saturated heterocycles. The number of hydrogen-bond donors (Lipinski definition) is 1. The molecule has 2 heterocycles. The van der Waals surface area contributed by atoms with Gasteiger partial charge in [-0.2, -0.15) is 22.7 Å². The number of sulfonamides is 1. The van der Waals surface area contributed by atoms with E-state index in [0.29, 0.717) is 16.9 Å². The number of aryl methyl sites for hydroxylation is 1. The summed E-state index contributed by atoms with van der Waals surface area (Å²) in [5.41, 5.74) is -0.324. The number of hydrogen-bond acceptors (Lipinski definition) is 6. The quantitative estimate of drug-likeness (QED) is 0.300. The number of ether oxygens (including phenoxy) is 1. The fraction of sp³-hybridized carbons (Fsp3) is 0.143. The molecule has 0 radical (unpaired) electrons. The summed E-state index contributed by atoms with van der Waals surface area (Å²) in [6.45, 7) is 1.88. The van der Waals surface area contributed by atoms with E-state index < -0.39 is 37.7 Å². The maximum Gasteiger partial charge on any atom is 0.435 e. The van der Waals surface area contributed by atoms with Crippen LogP contribution in [0.3, 0.4) is 0 Å². The molecule has 0 bridgehead atoms. The van der Waals surface area contributed by atoms with E-state index in [2.05, 4.69) is 10.1 Å². The first-order valence-corrected chi connectivity index (χ1v) is 12.1. The van der Waals surface area contributed by atoms with E-state index in [1.807, 2.05) is 4.72 Å². The highest BCUT2D eigenvalue weighted by atomic mass is 32.2. The van der Waals surface area contributed by atoms with E-state index in [-0.39, 0.29) is 28.9 Å². The van der Waals surface area contributed by atoms with Gasteiger partial charge in [-0.3, -0.25) is 9.40 Å². The lowest BCUT2D eigenvalue weighted by Crippen LogP contribution is -2.13. The van der Waals surface area contributed by atoms with Crippen LogP contribution in [0.15, 0.2) is 59.6 Å². The Morgan fingerprint density at radius 3 is 2.37 bits per heavy atom. The number of aromatic nitrogens is 3. The monoisotopic (exact) mass is 530 g/mol. The van der Waals surface area contributed by atoms with Crippen molar-refractivity contribution in [2.24, 2.45) is 0 Å². The summed E-state index contributed by atoms with van der Waals surface area (Å²) >= 11 is 0.475. The van der Waals surface area contributed by atoms with Crippen molar-refractivity contribution in [3.8, 4) is 22.8 Å². The highest BCUT2D eigenvalue weighted by Gasteiger charge is 2.35. The second-order valence-corrected chi connectivity index (χ2v) is 9.69. The van der Waals surface area contributed by atoms with Crippen molar-refractivity contribution < 1.29 is 35.1 Å². The molecule has 184 valence electrons. The normalized spacial score (nSPS) is 12.1. The van der Waals surface area contributed by atoms with Crippen LogP contribution in [0.4, 0.5) is 27.1 Å². The second kappa shape index (κ2) is 9.26. The van der Waals surface area contributed by atoms with Gasteiger partial charge in [0, 0.05) is 12.1 Å². The van der Waals surface area contributed by atoms with Gasteiger partial charge in [0.25, 0.3) is 10.0 Å². The third kappa shape index (κ3) is 5.43. The maximum atomic E-state index is 14.6. The van der Waals surface area contributed by atoms with E-state index in [1.54, 1.807) is 6.92 Å². The van der Waals surface area contributed by atoms with Gasteiger partial charge in [-0.25, -0.2) is 17.8 Å². The molecule has 4 aromatic rings. The lowest BCUT2D eigenvalue weighted by molar-refractivity contribution is -0.141. The molecule has 0 aliphatic heterocycles. The predicted molar refractivity (Wildman–Crippen MR) is 118 cm³/mol. The van der Waals surface area contributed by atoms with Crippen LogP contribution in [-0.4, -0.2) is 23.2 Å². The van der Waals surface area contributed by atoms with E-state index in [4.69, 9.17) is 4.74 Å². The number of alkyl halides is 3. The van der Waals surface area contributed by atoms with Crippen molar-refractivity contribution in [1.29, 1.82) is 0 Å². The molecule has 2 aromatic carbocycles. The van der Waals surface area contributed by atoms with Gasteiger partial charge in [0.2, 0.25) is 0 Å². The Morgan fingerprint density at radius 1 is 1.09 bits per heavy atom. The Bertz CT molecular complexity index is 1470. The third-order valence-corrected chi connectivity index (χ3v) is 6.83. The van der Waals surface area contributed by atoms with Crippen molar-refractivity contribution in [2.75, 3.05) is 4.72 Å². The van der Waals surface area contributed by atoms with Gasteiger partial charge in [0.15, 0.2) is 27.5 Å². The largest absolute Gasteiger partial charge is 0.454 e. The molecule has 35 heavy (non-hydrogen) atoms. The Labute approximate surface area is 199 Å². The first kappa shape index (κ1) is 24.6. The second-order valence-electron chi connectivity index (χ2n) is 7.02. The van der Waals surface area contributed by atoms with Gasteiger partial charge < -0.3 is 4.74 Å². The molecule has 0 fully saturated rings. The summed E-state index contributed by atoms with van der Waals surface area (Å²) in [6.07, 6.45) is -3.74. The minimum Gasteiger partial charge on any atom is -0.454 e. The van der Waals surface area contributed by atoms with Crippen LogP contribution in [0.1, 0.15) is 12.6 Å². The van der Waals surface area contributed by atoms with Crippen LogP contribution in [0.2, 0.25) is 0 Å². The number of nitrogens with zero attached hydrogens (tertiary/aromatic N) is 3. The average Bonchev–Trinajstić information content (AvgIpc) is 3.41. The highest BCUT2D eigenvalue weighted by Crippen LogP contribution is 2.33. The van der Waals surface area contributed by atoms with Crippen LogP contribution >= 0.6 is 11.3 Å². The minimum absolute atomic E-state index is 0.165. The summed E-state index contributed by atoms with van der Waals surface area (Å²) in [5.74, 6) is -1.10. The standard InChI is InChI=1S/C21H15F5N4O3S2/c1-2-30-16(10-18(28-30)21(24,25)26)12-3-5-13(6-4-12)33-17-8-7-14(9-15(17)22)35(31,32)29-20-27-11-19(23)34-20/h3-11H,2H2,1H3,(H,27,29). The van der Waals surface area contributed by atoms with Gasteiger partial charge in [-0.05, 0) is 55.5 Å². The summed E-state index contributed by atoms with van der Waals surface area (Å²) in [5, 5.41) is 2.66. The highest BCUT2D eigenvalue weighted by molar-refractivity contribution is 7.93. The zero-order chi connectivity index (χ0) is 25.4. The van der Waals surface area contributed by atoms with Gasteiger partial charge >= 0.3 is 6.18 Å². The molecular formula is C21H15F5N4O3S2. The summed E-state index contributed by atoms with van der Waals surface area (Å²) < 4.78 is 100. The summed E-state index contributed by atoms with van der Waals surface area (Å²) in [4.78, 5) is 3.12. The molecule has 0 amide bonds. The lowest BCUT2D eigenvalue weighted by Gasteiger charge is -2.10. The minimum atomic E-state index is -4.58. The molecule has 0 unspecified atom stereocenters. The Balaban J connectivity index is 1.52. The Kier molecular flexibility index (Phi) is 6.51. The molecule has 7 nitrogen and oxygen atoms in total. The smallest absolute Gasteiger partial charge is 0.435 e. The molecule has 0 aliphatic carbocycles. The topological polar surface area (TPSA) is 86.1 Å². The number of halogens is 5. The Morgan fingerprint density at radius 2 is 1.80 bits per heavy atom. The first-order chi connectivity index (χ1) is 16.5. The summed E-state index contributed by atoms with van der Waals surface area (Å²) in [7, 11) is -4.22. The lowest BCUT2D eigenvalue weighted by atomic mass is 10.1. The van der Waals surface area contributed by atoms with Crippen molar-refractivity contribution >= 4 is 26.5 Å². The van der Waals surface area contributed by atoms with Gasteiger partial charge in [0.1, 0.15) is 5.75 Å². The van der Waals surface area contributed by atoms with Gasteiger partial charge in [-0.15, -0.1) is 0 Å². The summed E-state index contributed by atoms with van der Waals surface area (Å²) in [6, 6.07) is 9.70. The molecule has 0 atom stereocenters. The van der Waals surface area contributed by atoms with E-state index in [0.717, 1.165) is 30.5 Å². The number of thiazole rings is 1. The average molecular weight is 531 g/mol. The SMILES string of the molecule is CCn1nc(C(F)(F)F)cc1-c1ccc(Oc2ccc(S(=O)(=O)Nc3ncc(F)s3)cc2F)cc1. The number of nitrogens with one attached hydrogen (secondary N) is 1. The van der Waals surface area contributed by atoms with Crippen molar-refractivity contribution in [1.82, 2.24) is 14.8 Å². The first-order valence-electron chi connectivity index (χ1n) is 9.83. The molecular weight excluding hydrogens is 515 g/mol. The third-order valence-electron chi connectivity index (χ3n) is 4.66. The van der Waals surface area contributed by atoms with E-state index in [9.17, 15) is 30.4 Å². The molecule has 4 rings (SSSR count). The molecule has 14 heteroatoms. The van der Waals surface area contributed by atoms with Gasteiger partial charge in [-0.1, -0.05) is 11.3 Å². The number of anilines is 1. The van der Waals surface area contributed by atoms with Crippen LogP contribution < -0.4 is 9.46 Å². The van der Waals surface area contributed by atoms with Crippen molar-refractivity contribution in [3.63, 3.8) is 0 Å². The van der Waals surface area contributed by atoms with Crippen molar-refractivity contribution in [2.45, 2.75) is 24.5 Å². The molecule has 1 N–H and O–H groups in total. The predicted octanol–water partition coefficient (Wildman–Crippen LogP) is 5.92.